The first kappa shape index (κ1) is 15.2. The molecule has 124 valence electrons. The number of hydrogen-bond acceptors (Lipinski definition) is 3. The Morgan fingerprint density at radius 1 is 1.04 bits per heavy atom. The highest BCUT2D eigenvalue weighted by molar-refractivity contribution is 5.96. The predicted octanol–water partition coefficient (Wildman–Crippen LogP) is 4.14. The number of carbonyl (C=O) groups is 2. The number of Topliss-reactive ketones (excluding diaryl/α,β-unsaturated/α-hetero) is 2. The topological polar surface area (TPSA) is 54.4 Å². The molecular weight excluding hydrogens is 288 g/mol. The normalized spacial score (nSPS) is 46.5. The van der Waals surface area contributed by atoms with Crippen molar-refractivity contribution in [2.45, 2.75) is 58.8 Å². The van der Waals surface area contributed by atoms with Gasteiger partial charge in [-0.3, -0.25) is 9.59 Å². The van der Waals surface area contributed by atoms with E-state index in [2.05, 4.69) is 20.4 Å². The van der Waals surface area contributed by atoms with E-state index in [-0.39, 0.29) is 22.4 Å². The molecule has 0 bridgehead atoms. The van der Waals surface area contributed by atoms with Crippen LogP contribution >= 0.6 is 0 Å². The maximum atomic E-state index is 12.4. The maximum absolute atomic E-state index is 12.4. The Kier molecular flexibility index (Phi) is 3.02. The minimum Gasteiger partial charge on any atom is -0.504 e. The van der Waals surface area contributed by atoms with Crippen molar-refractivity contribution in [3.05, 3.63) is 23.5 Å². The molecule has 0 amide bonds. The lowest BCUT2D eigenvalue weighted by Crippen LogP contribution is -2.51. The second-order valence-electron chi connectivity index (χ2n) is 8.67. The number of carbonyl (C=O) groups excluding carboxylic acids is 2. The first-order valence-electron chi connectivity index (χ1n) is 8.97. The third kappa shape index (κ3) is 1.77. The molecule has 4 aliphatic carbocycles. The molecule has 0 aromatic carbocycles. The van der Waals surface area contributed by atoms with Gasteiger partial charge in [0.25, 0.3) is 0 Å². The van der Waals surface area contributed by atoms with Crippen LogP contribution in [0.5, 0.6) is 0 Å². The first-order valence-corrected chi connectivity index (χ1v) is 8.97. The van der Waals surface area contributed by atoms with E-state index in [1.807, 2.05) is 0 Å². The molecule has 3 saturated carbocycles. The summed E-state index contributed by atoms with van der Waals surface area (Å²) in [6.07, 6.45) is 5.79. The van der Waals surface area contributed by atoms with Crippen LogP contribution in [-0.2, 0) is 9.59 Å². The molecule has 0 aliphatic heterocycles. The van der Waals surface area contributed by atoms with Crippen LogP contribution in [0.15, 0.2) is 23.5 Å². The predicted molar refractivity (Wildman–Crippen MR) is 87.8 cm³/mol. The Balaban J connectivity index is 1.79. The van der Waals surface area contributed by atoms with Crippen LogP contribution < -0.4 is 0 Å². The van der Waals surface area contributed by atoms with Crippen LogP contribution in [0, 0.1) is 28.6 Å². The molecule has 4 aliphatic rings. The van der Waals surface area contributed by atoms with E-state index < -0.39 is 0 Å². The van der Waals surface area contributed by atoms with Gasteiger partial charge in [0.2, 0.25) is 0 Å². The highest BCUT2D eigenvalue weighted by atomic mass is 16.3. The van der Waals surface area contributed by atoms with Gasteiger partial charge in [0.1, 0.15) is 5.78 Å². The summed E-state index contributed by atoms with van der Waals surface area (Å²) >= 11 is 0. The minimum absolute atomic E-state index is 0.0296. The van der Waals surface area contributed by atoms with Gasteiger partial charge in [-0.15, -0.1) is 0 Å². The first-order chi connectivity index (χ1) is 10.8. The summed E-state index contributed by atoms with van der Waals surface area (Å²) < 4.78 is 0. The van der Waals surface area contributed by atoms with Gasteiger partial charge in [-0.05, 0) is 55.4 Å². The van der Waals surface area contributed by atoms with Crippen molar-refractivity contribution in [1.82, 2.24) is 0 Å². The number of hydrogen-bond donors (Lipinski definition) is 1. The van der Waals surface area contributed by atoms with Gasteiger partial charge in [0, 0.05) is 29.2 Å². The van der Waals surface area contributed by atoms with Crippen LogP contribution in [-0.4, -0.2) is 16.7 Å². The second-order valence-corrected chi connectivity index (χ2v) is 8.67. The fraction of sp³-hybridized carbons (Fsp3) is 0.700. The van der Waals surface area contributed by atoms with Crippen LogP contribution in [0.25, 0.3) is 0 Å². The van der Waals surface area contributed by atoms with Crippen LogP contribution in [0.4, 0.5) is 0 Å². The Bertz CT molecular complexity index is 658. The molecule has 0 aromatic rings. The van der Waals surface area contributed by atoms with Crippen molar-refractivity contribution in [1.29, 1.82) is 0 Å². The van der Waals surface area contributed by atoms with Gasteiger partial charge < -0.3 is 5.11 Å². The van der Waals surface area contributed by atoms with Gasteiger partial charge >= 0.3 is 0 Å². The Morgan fingerprint density at radius 3 is 2.48 bits per heavy atom. The molecule has 0 radical (unpaired) electrons. The fourth-order valence-electron chi connectivity index (χ4n) is 6.49. The molecular formula is C20H26O3. The highest BCUT2D eigenvalue weighted by Gasteiger charge is 2.60. The average molecular weight is 314 g/mol. The van der Waals surface area contributed by atoms with E-state index in [1.54, 1.807) is 0 Å². The largest absolute Gasteiger partial charge is 0.504 e. The van der Waals surface area contributed by atoms with Gasteiger partial charge in [0.15, 0.2) is 11.5 Å². The van der Waals surface area contributed by atoms with Crippen molar-refractivity contribution < 1.29 is 14.7 Å². The van der Waals surface area contributed by atoms with E-state index in [4.69, 9.17) is 0 Å². The number of allylic oxidation sites excluding steroid dienone is 2. The third-order valence-corrected chi connectivity index (χ3v) is 7.74. The summed E-state index contributed by atoms with van der Waals surface area (Å²) in [6, 6.07) is 0. The van der Waals surface area contributed by atoms with E-state index in [9.17, 15) is 14.7 Å². The van der Waals surface area contributed by atoms with Gasteiger partial charge in [-0.25, -0.2) is 0 Å². The van der Waals surface area contributed by atoms with Crippen LogP contribution in [0.1, 0.15) is 58.8 Å². The number of aliphatic hydroxyl groups is 1. The monoisotopic (exact) mass is 314 g/mol. The quantitative estimate of drug-likeness (QED) is 0.731. The molecule has 23 heavy (non-hydrogen) atoms. The molecule has 0 spiro atoms. The molecule has 3 heteroatoms. The number of ketones is 2. The van der Waals surface area contributed by atoms with Gasteiger partial charge in [-0.2, -0.15) is 0 Å². The second kappa shape index (κ2) is 4.58. The number of aliphatic hydroxyl groups excluding tert-OH is 1. The van der Waals surface area contributed by atoms with E-state index in [0.717, 1.165) is 49.7 Å². The number of rotatable bonds is 0. The summed E-state index contributed by atoms with van der Waals surface area (Å²) in [6.45, 7) is 8.60. The van der Waals surface area contributed by atoms with Crippen molar-refractivity contribution >= 4 is 11.6 Å². The summed E-state index contributed by atoms with van der Waals surface area (Å²) in [5, 5.41) is 10.4. The zero-order valence-corrected chi connectivity index (χ0v) is 14.2. The maximum Gasteiger partial charge on any atom is 0.197 e. The summed E-state index contributed by atoms with van der Waals surface area (Å²) in [5.41, 5.74) is 1.47. The molecule has 4 rings (SSSR count). The van der Waals surface area contributed by atoms with Gasteiger partial charge in [-0.1, -0.05) is 20.4 Å². The van der Waals surface area contributed by atoms with Crippen molar-refractivity contribution in [2.24, 2.45) is 28.6 Å². The van der Waals surface area contributed by atoms with Crippen molar-refractivity contribution in [3.63, 3.8) is 0 Å². The molecule has 1 N–H and O–H groups in total. The van der Waals surface area contributed by atoms with E-state index in [0.29, 0.717) is 30.0 Å². The smallest absolute Gasteiger partial charge is 0.197 e. The highest BCUT2D eigenvalue weighted by Crippen LogP contribution is 2.65. The molecule has 3 fully saturated rings. The van der Waals surface area contributed by atoms with Crippen molar-refractivity contribution in [2.75, 3.05) is 0 Å². The standard InChI is InChI=1S/C20H26O3/c1-11-10-12-13-4-5-16(22)19(13,2)8-6-14(12)20(3)9-7-15(21)18(23)17(11)20/h12-14,23H,1,4-10H2,2-3H3/t12-,13-,14+,19-,20+/m0/s1. The average Bonchev–Trinajstić information content (AvgIpc) is 2.79. The van der Waals surface area contributed by atoms with Gasteiger partial charge in [0.05, 0.1) is 0 Å². The molecule has 5 atom stereocenters. The number of fused-ring (bicyclic) bond motifs is 5. The van der Waals surface area contributed by atoms with Crippen molar-refractivity contribution in [3.8, 4) is 0 Å². The summed E-state index contributed by atoms with van der Waals surface area (Å²) in [7, 11) is 0. The Morgan fingerprint density at radius 2 is 1.74 bits per heavy atom. The molecule has 3 nitrogen and oxygen atoms in total. The molecule has 0 aromatic heterocycles. The lowest BCUT2D eigenvalue weighted by molar-refractivity contribution is -0.132. The zero-order valence-electron chi connectivity index (χ0n) is 14.2. The summed E-state index contributed by atoms with van der Waals surface area (Å²) in [4.78, 5) is 24.4. The lowest BCUT2D eigenvalue weighted by Gasteiger charge is -2.57. The molecule has 0 unspecified atom stereocenters. The lowest BCUT2D eigenvalue weighted by atomic mass is 9.46. The molecule has 0 saturated heterocycles. The molecule has 0 heterocycles. The summed E-state index contributed by atoms with van der Waals surface area (Å²) in [5.74, 6) is 1.67. The van der Waals surface area contributed by atoms with E-state index in [1.165, 1.54) is 0 Å². The Labute approximate surface area is 137 Å². The van der Waals surface area contributed by atoms with Crippen LogP contribution in [0.3, 0.4) is 0 Å². The SMILES string of the molecule is C=C1C[C@@H]2[C@@H](CC[C@]3(C)C(=O)CC[C@@H]23)[C@@]2(C)CCC(=O)C(O)=C12. The fourth-order valence-corrected chi connectivity index (χ4v) is 6.49. The van der Waals surface area contributed by atoms with Crippen LogP contribution in [0.2, 0.25) is 0 Å². The van der Waals surface area contributed by atoms with E-state index >= 15 is 0 Å². The third-order valence-electron chi connectivity index (χ3n) is 7.74. The minimum atomic E-state index is -0.148. The zero-order chi connectivity index (χ0) is 16.6. The Hall–Kier alpha value is -1.38.